The van der Waals surface area contributed by atoms with Gasteiger partial charge in [-0.2, -0.15) is 5.10 Å². The molecule has 1 unspecified atom stereocenters. The molecule has 132 valence electrons. The first-order chi connectivity index (χ1) is 12.1. The van der Waals surface area contributed by atoms with Crippen molar-refractivity contribution in [3.8, 4) is 0 Å². The highest BCUT2D eigenvalue weighted by atomic mass is 16.1. The number of nitrogens with zero attached hydrogens (tertiary/aromatic N) is 2. The predicted molar refractivity (Wildman–Crippen MR) is 97.4 cm³/mol. The monoisotopic (exact) mass is 340 g/mol. The maximum absolute atomic E-state index is 12.3. The Morgan fingerprint density at radius 2 is 2.28 bits per heavy atom. The van der Waals surface area contributed by atoms with Crippen LogP contribution < -0.4 is 15.8 Å². The minimum Gasteiger partial charge on any atom is -0.370 e. The van der Waals surface area contributed by atoms with E-state index in [1.54, 1.807) is 12.3 Å². The molecule has 1 fully saturated rings. The molecular formula is C19H24N4O2. The number of carbonyl (C=O) groups excluding carboxylic acids is 1. The third kappa shape index (κ3) is 4.92. The largest absolute Gasteiger partial charge is 0.370 e. The van der Waals surface area contributed by atoms with Crippen LogP contribution in [0.5, 0.6) is 0 Å². The molecule has 2 heterocycles. The number of nitrogens with one attached hydrogen (secondary N) is 2. The molecule has 0 aliphatic carbocycles. The second kappa shape index (κ2) is 7.96. The second-order valence-corrected chi connectivity index (χ2v) is 6.73. The minimum absolute atomic E-state index is 0.0809. The van der Waals surface area contributed by atoms with Gasteiger partial charge in [0, 0.05) is 32.1 Å². The molecule has 2 aromatic rings. The SMILES string of the molecule is Cc1cccc(CNC(=O)CC2CCCN(c3cn[nH]c(=O)c3)C2)c1. The van der Waals surface area contributed by atoms with Crippen LogP contribution in [0.4, 0.5) is 5.69 Å². The van der Waals surface area contributed by atoms with Gasteiger partial charge in [-0.25, -0.2) is 5.10 Å². The van der Waals surface area contributed by atoms with Crippen LogP contribution >= 0.6 is 0 Å². The van der Waals surface area contributed by atoms with E-state index in [0.717, 1.165) is 37.2 Å². The Morgan fingerprint density at radius 1 is 1.40 bits per heavy atom. The van der Waals surface area contributed by atoms with Crippen molar-refractivity contribution in [1.82, 2.24) is 15.5 Å². The van der Waals surface area contributed by atoms with Gasteiger partial charge in [0.25, 0.3) is 5.56 Å². The molecule has 1 aliphatic heterocycles. The molecule has 1 atom stereocenters. The van der Waals surface area contributed by atoms with Crippen molar-refractivity contribution >= 4 is 11.6 Å². The molecule has 2 N–H and O–H groups in total. The third-order valence-corrected chi connectivity index (χ3v) is 4.58. The molecule has 1 aromatic carbocycles. The summed E-state index contributed by atoms with van der Waals surface area (Å²) < 4.78 is 0. The molecule has 1 aromatic heterocycles. The van der Waals surface area contributed by atoms with Crippen LogP contribution in [0.25, 0.3) is 0 Å². The van der Waals surface area contributed by atoms with Crippen LogP contribution in [-0.2, 0) is 11.3 Å². The van der Waals surface area contributed by atoms with Crippen molar-refractivity contribution in [3.05, 3.63) is 58.0 Å². The lowest BCUT2D eigenvalue weighted by Crippen LogP contribution is -2.38. The molecule has 3 rings (SSSR count). The van der Waals surface area contributed by atoms with Gasteiger partial charge < -0.3 is 10.2 Å². The summed E-state index contributed by atoms with van der Waals surface area (Å²) in [5.74, 6) is 0.378. The molecule has 6 nitrogen and oxygen atoms in total. The topological polar surface area (TPSA) is 78.1 Å². The Bertz CT molecular complexity index is 787. The molecule has 0 spiro atoms. The fourth-order valence-corrected chi connectivity index (χ4v) is 3.36. The molecule has 1 saturated heterocycles. The maximum Gasteiger partial charge on any atom is 0.266 e. The van der Waals surface area contributed by atoms with Crippen molar-refractivity contribution in [2.24, 2.45) is 5.92 Å². The quantitative estimate of drug-likeness (QED) is 0.873. The number of H-pyrrole nitrogens is 1. The fourth-order valence-electron chi connectivity index (χ4n) is 3.36. The van der Waals surface area contributed by atoms with Gasteiger partial charge in [0.1, 0.15) is 0 Å². The molecule has 0 radical (unpaired) electrons. The number of benzene rings is 1. The fraction of sp³-hybridized carbons (Fsp3) is 0.421. The molecule has 1 aliphatic rings. The number of anilines is 1. The number of aromatic nitrogens is 2. The van der Waals surface area contributed by atoms with E-state index in [-0.39, 0.29) is 11.5 Å². The van der Waals surface area contributed by atoms with E-state index in [9.17, 15) is 9.59 Å². The van der Waals surface area contributed by atoms with E-state index in [4.69, 9.17) is 0 Å². The standard InChI is InChI=1S/C19H24N4O2/c1-14-4-2-5-15(8-14)11-20-18(24)9-16-6-3-7-23(13-16)17-10-19(25)22-21-12-17/h2,4-5,8,10,12,16H,3,6-7,9,11,13H2,1H3,(H,20,24)(H,22,25). The van der Waals surface area contributed by atoms with Gasteiger partial charge in [-0.15, -0.1) is 0 Å². The Labute approximate surface area is 147 Å². The van der Waals surface area contributed by atoms with Crippen LogP contribution in [0.3, 0.4) is 0 Å². The number of carbonyl (C=O) groups is 1. The number of amides is 1. The zero-order valence-electron chi connectivity index (χ0n) is 14.5. The number of piperidine rings is 1. The zero-order chi connectivity index (χ0) is 17.6. The third-order valence-electron chi connectivity index (χ3n) is 4.58. The number of aromatic amines is 1. The summed E-state index contributed by atoms with van der Waals surface area (Å²) in [4.78, 5) is 25.8. The number of hydrogen-bond acceptors (Lipinski definition) is 4. The second-order valence-electron chi connectivity index (χ2n) is 6.73. The Balaban J connectivity index is 1.52. The summed E-state index contributed by atoms with van der Waals surface area (Å²) in [5.41, 5.74) is 2.94. The van der Waals surface area contributed by atoms with Crippen molar-refractivity contribution in [2.45, 2.75) is 32.7 Å². The molecule has 0 bridgehead atoms. The average molecular weight is 340 g/mol. The van der Waals surface area contributed by atoms with E-state index in [2.05, 4.69) is 26.5 Å². The maximum atomic E-state index is 12.3. The van der Waals surface area contributed by atoms with E-state index < -0.39 is 0 Å². The van der Waals surface area contributed by atoms with Crippen LogP contribution in [0.1, 0.15) is 30.4 Å². The van der Waals surface area contributed by atoms with Gasteiger partial charge >= 0.3 is 0 Å². The van der Waals surface area contributed by atoms with E-state index in [0.29, 0.717) is 18.9 Å². The van der Waals surface area contributed by atoms with Crippen LogP contribution in [0.15, 0.2) is 41.3 Å². The van der Waals surface area contributed by atoms with Gasteiger partial charge in [-0.3, -0.25) is 9.59 Å². The van der Waals surface area contributed by atoms with E-state index >= 15 is 0 Å². The van der Waals surface area contributed by atoms with Crippen LogP contribution in [0.2, 0.25) is 0 Å². The van der Waals surface area contributed by atoms with E-state index in [1.165, 1.54) is 5.56 Å². The van der Waals surface area contributed by atoms with Crippen molar-refractivity contribution in [1.29, 1.82) is 0 Å². The Kier molecular flexibility index (Phi) is 5.48. The van der Waals surface area contributed by atoms with Crippen molar-refractivity contribution in [3.63, 3.8) is 0 Å². The first kappa shape index (κ1) is 17.2. The van der Waals surface area contributed by atoms with Gasteiger partial charge in [0.05, 0.1) is 11.9 Å². The summed E-state index contributed by atoms with van der Waals surface area (Å²) in [6, 6.07) is 9.72. The first-order valence-corrected chi connectivity index (χ1v) is 8.72. The van der Waals surface area contributed by atoms with Gasteiger partial charge in [-0.1, -0.05) is 29.8 Å². The summed E-state index contributed by atoms with van der Waals surface area (Å²) in [6.07, 6.45) is 4.23. The summed E-state index contributed by atoms with van der Waals surface area (Å²) in [7, 11) is 0. The summed E-state index contributed by atoms with van der Waals surface area (Å²) in [5, 5.41) is 9.26. The molecule has 1 amide bonds. The Morgan fingerprint density at radius 3 is 3.08 bits per heavy atom. The lowest BCUT2D eigenvalue weighted by molar-refractivity contribution is -0.122. The highest BCUT2D eigenvalue weighted by Crippen LogP contribution is 2.23. The number of hydrogen-bond donors (Lipinski definition) is 2. The highest BCUT2D eigenvalue weighted by Gasteiger charge is 2.22. The Hall–Kier alpha value is -2.63. The van der Waals surface area contributed by atoms with Crippen molar-refractivity contribution in [2.75, 3.05) is 18.0 Å². The number of aryl methyl sites for hydroxylation is 1. The smallest absolute Gasteiger partial charge is 0.266 e. The summed E-state index contributed by atoms with van der Waals surface area (Å²) in [6.45, 7) is 4.29. The molecule has 6 heteroatoms. The zero-order valence-corrected chi connectivity index (χ0v) is 14.5. The predicted octanol–water partition coefficient (Wildman–Crippen LogP) is 2.00. The lowest BCUT2D eigenvalue weighted by Gasteiger charge is -2.33. The number of rotatable bonds is 5. The molecule has 25 heavy (non-hydrogen) atoms. The minimum atomic E-state index is -0.199. The van der Waals surface area contributed by atoms with Crippen molar-refractivity contribution < 1.29 is 4.79 Å². The van der Waals surface area contributed by atoms with Crippen LogP contribution in [-0.4, -0.2) is 29.2 Å². The van der Waals surface area contributed by atoms with Gasteiger partial charge in [-0.05, 0) is 31.2 Å². The molecule has 0 saturated carbocycles. The summed E-state index contributed by atoms with van der Waals surface area (Å²) >= 11 is 0. The first-order valence-electron chi connectivity index (χ1n) is 8.72. The average Bonchev–Trinajstić information content (AvgIpc) is 2.60. The van der Waals surface area contributed by atoms with Gasteiger partial charge in [0.2, 0.25) is 5.91 Å². The van der Waals surface area contributed by atoms with Gasteiger partial charge in [0.15, 0.2) is 0 Å². The molecular weight excluding hydrogens is 316 g/mol. The lowest BCUT2D eigenvalue weighted by atomic mass is 9.94. The van der Waals surface area contributed by atoms with Crippen LogP contribution in [0, 0.1) is 12.8 Å². The van der Waals surface area contributed by atoms with E-state index in [1.807, 2.05) is 25.1 Å². The normalized spacial score (nSPS) is 17.3. The highest BCUT2D eigenvalue weighted by molar-refractivity contribution is 5.76.